The fourth-order valence-electron chi connectivity index (χ4n) is 3.11. The zero-order chi connectivity index (χ0) is 14.7. The van der Waals surface area contributed by atoms with Crippen LogP contribution in [0.4, 0.5) is 0 Å². The summed E-state index contributed by atoms with van der Waals surface area (Å²) in [5.41, 5.74) is 0.909. The zero-order valence-electron chi connectivity index (χ0n) is 12.0. The largest absolute Gasteiger partial charge is 0.490 e. The fourth-order valence-corrected chi connectivity index (χ4v) is 4.72. The van der Waals surface area contributed by atoms with Gasteiger partial charge in [0.2, 0.25) is 0 Å². The minimum atomic E-state index is 0.0206. The summed E-state index contributed by atoms with van der Waals surface area (Å²) in [6.45, 7) is 0.811. The summed E-state index contributed by atoms with van der Waals surface area (Å²) in [7, 11) is 0. The maximum atomic E-state index is 9.34. The first-order chi connectivity index (χ1) is 10.2. The van der Waals surface area contributed by atoms with Gasteiger partial charge in [-0.05, 0) is 48.1 Å². The molecule has 2 aliphatic rings. The number of ether oxygens (including phenoxy) is 2. The lowest BCUT2D eigenvalue weighted by molar-refractivity contribution is -0.116. The molecule has 3 nitrogen and oxygen atoms in total. The molecule has 2 fully saturated rings. The molecular formula is C16H21BrO3S. The summed E-state index contributed by atoms with van der Waals surface area (Å²) >= 11 is 5.46. The first-order valence-corrected chi connectivity index (χ1v) is 9.43. The Bertz CT molecular complexity index is 483. The monoisotopic (exact) mass is 372 g/mol. The molecule has 116 valence electrons. The van der Waals surface area contributed by atoms with Crippen molar-refractivity contribution in [1.29, 1.82) is 0 Å². The van der Waals surface area contributed by atoms with Crippen LogP contribution in [0.15, 0.2) is 22.7 Å². The first-order valence-electron chi connectivity index (χ1n) is 7.48. The average molecular weight is 373 g/mol. The van der Waals surface area contributed by atoms with Crippen molar-refractivity contribution in [2.24, 2.45) is 0 Å². The fraction of sp³-hybridized carbons (Fsp3) is 0.625. The molecule has 1 aromatic rings. The molecule has 0 bridgehead atoms. The molecule has 1 atom stereocenters. The highest BCUT2D eigenvalue weighted by Gasteiger charge is 2.39. The van der Waals surface area contributed by atoms with E-state index in [4.69, 9.17) is 9.47 Å². The number of benzene rings is 1. The summed E-state index contributed by atoms with van der Waals surface area (Å²) in [5, 5.41) is 9.34. The standard InChI is InChI=1S/C16H21BrO3S/c17-15-2-1-13(9-12(15)11-18)20-14-3-6-19-16(10-14)4-7-21-8-5-16/h1-2,9,14,18H,3-8,10-11H2. The number of hydrogen-bond donors (Lipinski definition) is 1. The molecule has 1 spiro atoms. The SMILES string of the molecule is OCc1cc(OC2CCOC3(CCSCC3)C2)ccc1Br. The zero-order valence-corrected chi connectivity index (χ0v) is 14.4. The third kappa shape index (κ3) is 3.76. The maximum Gasteiger partial charge on any atom is 0.120 e. The van der Waals surface area contributed by atoms with E-state index in [9.17, 15) is 5.11 Å². The smallest absolute Gasteiger partial charge is 0.120 e. The Kier molecular flexibility index (Phi) is 5.15. The summed E-state index contributed by atoms with van der Waals surface area (Å²) in [6, 6.07) is 5.82. The van der Waals surface area contributed by atoms with Crippen LogP contribution in [0.5, 0.6) is 5.75 Å². The van der Waals surface area contributed by atoms with Gasteiger partial charge in [0.05, 0.1) is 18.8 Å². The van der Waals surface area contributed by atoms with Crippen molar-refractivity contribution in [3.8, 4) is 5.75 Å². The van der Waals surface area contributed by atoms with Crippen LogP contribution in [0.25, 0.3) is 0 Å². The molecule has 0 radical (unpaired) electrons. The predicted octanol–water partition coefficient (Wildman–Crippen LogP) is 3.77. The number of hydrogen-bond acceptors (Lipinski definition) is 4. The number of halogens is 1. The van der Waals surface area contributed by atoms with Crippen LogP contribution in [0.3, 0.4) is 0 Å². The van der Waals surface area contributed by atoms with Gasteiger partial charge < -0.3 is 14.6 Å². The van der Waals surface area contributed by atoms with E-state index in [0.717, 1.165) is 48.1 Å². The van der Waals surface area contributed by atoms with Gasteiger partial charge in [-0.1, -0.05) is 15.9 Å². The number of rotatable bonds is 3. The molecule has 0 aromatic heterocycles. The minimum Gasteiger partial charge on any atom is -0.490 e. The second-order valence-corrected chi connectivity index (χ2v) is 7.87. The Balaban J connectivity index is 1.67. The van der Waals surface area contributed by atoms with Crippen molar-refractivity contribution in [2.75, 3.05) is 18.1 Å². The van der Waals surface area contributed by atoms with Crippen molar-refractivity contribution >= 4 is 27.7 Å². The van der Waals surface area contributed by atoms with Gasteiger partial charge in [0, 0.05) is 17.3 Å². The van der Waals surface area contributed by atoms with Crippen LogP contribution in [-0.4, -0.2) is 34.9 Å². The van der Waals surface area contributed by atoms with Crippen LogP contribution in [0.1, 0.15) is 31.2 Å². The lowest BCUT2D eigenvalue weighted by Crippen LogP contribution is -2.46. The minimum absolute atomic E-state index is 0.0206. The van der Waals surface area contributed by atoms with Gasteiger partial charge in [0.25, 0.3) is 0 Å². The second-order valence-electron chi connectivity index (χ2n) is 5.79. The molecule has 1 N–H and O–H groups in total. The van der Waals surface area contributed by atoms with E-state index >= 15 is 0 Å². The van der Waals surface area contributed by atoms with Gasteiger partial charge in [-0.15, -0.1) is 0 Å². The molecule has 5 heteroatoms. The van der Waals surface area contributed by atoms with Gasteiger partial charge >= 0.3 is 0 Å². The number of aliphatic hydroxyl groups excluding tert-OH is 1. The molecule has 2 aliphatic heterocycles. The third-order valence-electron chi connectivity index (χ3n) is 4.34. The normalized spacial score (nSPS) is 25.0. The molecule has 2 saturated heterocycles. The van der Waals surface area contributed by atoms with Crippen LogP contribution < -0.4 is 4.74 Å². The summed E-state index contributed by atoms with van der Waals surface area (Å²) < 4.78 is 13.2. The molecule has 0 amide bonds. The molecule has 0 aliphatic carbocycles. The Hall–Kier alpha value is -0.230. The highest BCUT2D eigenvalue weighted by Crippen LogP contribution is 2.38. The van der Waals surface area contributed by atoms with Crippen LogP contribution in [0.2, 0.25) is 0 Å². The lowest BCUT2D eigenvalue weighted by Gasteiger charge is -2.43. The number of thioether (sulfide) groups is 1. The van der Waals surface area contributed by atoms with E-state index in [1.54, 1.807) is 0 Å². The summed E-state index contributed by atoms with van der Waals surface area (Å²) in [4.78, 5) is 0. The van der Waals surface area contributed by atoms with Gasteiger partial charge in [-0.25, -0.2) is 0 Å². The van der Waals surface area contributed by atoms with E-state index in [1.807, 2.05) is 30.0 Å². The van der Waals surface area contributed by atoms with E-state index in [0.29, 0.717) is 0 Å². The van der Waals surface area contributed by atoms with Crippen molar-refractivity contribution in [1.82, 2.24) is 0 Å². The Morgan fingerprint density at radius 1 is 1.38 bits per heavy atom. The third-order valence-corrected chi connectivity index (χ3v) is 6.10. The quantitative estimate of drug-likeness (QED) is 0.876. The predicted molar refractivity (Wildman–Crippen MR) is 89.0 cm³/mol. The van der Waals surface area contributed by atoms with Gasteiger partial charge in [-0.3, -0.25) is 0 Å². The summed E-state index contributed by atoms with van der Waals surface area (Å²) in [6.07, 6.45) is 4.42. The van der Waals surface area contributed by atoms with Crippen molar-refractivity contribution in [3.05, 3.63) is 28.2 Å². The number of aliphatic hydroxyl groups is 1. The van der Waals surface area contributed by atoms with E-state index in [-0.39, 0.29) is 18.3 Å². The van der Waals surface area contributed by atoms with Gasteiger partial charge in [0.15, 0.2) is 0 Å². The molecule has 0 saturated carbocycles. The maximum absolute atomic E-state index is 9.34. The van der Waals surface area contributed by atoms with Crippen LogP contribution in [0, 0.1) is 0 Å². The second kappa shape index (κ2) is 6.90. The molecular weight excluding hydrogens is 352 g/mol. The highest BCUT2D eigenvalue weighted by molar-refractivity contribution is 9.10. The van der Waals surface area contributed by atoms with E-state index < -0.39 is 0 Å². The van der Waals surface area contributed by atoms with Gasteiger partial charge in [-0.2, -0.15) is 11.8 Å². The molecule has 3 rings (SSSR count). The Morgan fingerprint density at radius 2 is 2.19 bits per heavy atom. The van der Waals surface area contributed by atoms with E-state index in [2.05, 4.69) is 15.9 Å². The first kappa shape index (κ1) is 15.7. The van der Waals surface area contributed by atoms with Gasteiger partial charge in [0.1, 0.15) is 11.9 Å². The molecule has 1 aromatic carbocycles. The Labute approximate surface area is 138 Å². The topological polar surface area (TPSA) is 38.7 Å². The van der Waals surface area contributed by atoms with Crippen molar-refractivity contribution in [2.45, 2.75) is 44.0 Å². The van der Waals surface area contributed by atoms with Crippen LogP contribution in [-0.2, 0) is 11.3 Å². The summed E-state index contributed by atoms with van der Waals surface area (Å²) in [5.74, 6) is 3.23. The molecule has 1 unspecified atom stereocenters. The Morgan fingerprint density at radius 3 is 2.95 bits per heavy atom. The van der Waals surface area contributed by atoms with Crippen molar-refractivity contribution in [3.63, 3.8) is 0 Å². The van der Waals surface area contributed by atoms with E-state index in [1.165, 1.54) is 11.5 Å². The molecule has 21 heavy (non-hydrogen) atoms. The van der Waals surface area contributed by atoms with Crippen molar-refractivity contribution < 1.29 is 14.6 Å². The molecule has 2 heterocycles. The average Bonchev–Trinajstić information content (AvgIpc) is 2.50. The lowest BCUT2D eigenvalue weighted by atomic mass is 9.86. The highest BCUT2D eigenvalue weighted by atomic mass is 79.9. The van der Waals surface area contributed by atoms with Crippen LogP contribution >= 0.6 is 27.7 Å².